The van der Waals surface area contributed by atoms with Gasteiger partial charge in [-0.05, 0) is 32.9 Å². The monoisotopic (exact) mass is 316 g/mol. The standard InChI is InChI=1S/C16H20N4O3/c1-4-23-13-6-5-10(2)9-12(13)11(3)17-16(22)18-14-7-8-15(21)20-19-14/h5-9,11H,4H2,1-3H3,(H,20,21)(H2,17,18,19,22). The molecule has 122 valence electrons. The molecule has 0 saturated heterocycles. The Morgan fingerprint density at radius 2 is 2.13 bits per heavy atom. The third-order valence-corrected chi connectivity index (χ3v) is 3.20. The molecule has 7 heteroatoms. The minimum atomic E-state index is -0.416. The van der Waals surface area contributed by atoms with E-state index in [1.807, 2.05) is 39.0 Å². The Morgan fingerprint density at radius 3 is 2.78 bits per heavy atom. The average molecular weight is 316 g/mol. The predicted octanol–water partition coefficient (Wildman–Crippen LogP) is 2.36. The highest BCUT2D eigenvalue weighted by molar-refractivity contribution is 5.88. The number of aryl methyl sites for hydroxylation is 1. The van der Waals surface area contributed by atoms with Gasteiger partial charge in [-0.2, -0.15) is 5.10 Å². The summed E-state index contributed by atoms with van der Waals surface area (Å²) in [7, 11) is 0. The number of rotatable bonds is 5. The second-order valence-corrected chi connectivity index (χ2v) is 5.10. The summed E-state index contributed by atoms with van der Waals surface area (Å²) in [5, 5.41) is 11.4. The normalized spacial score (nSPS) is 11.6. The first kappa shape index (κ1) is 16.5. The molecule has 0 aliphatic rings. The molecular formula is C16H20N4O3. The fourth-order valence-electron chi connectivity index (χ4n) is 2.13. The number of aromatic nitrogens is 2. The van der Waals surface area contributed by atoms with E-state index in [4.69, 9.17) is 4.74 Å². The van der Waals surface area contributed by atoms with Crippen molar-refractivity contribution in [1.29, 1.82) is 0 Å². The third-order valence-electron chi connectivity index (χ3n) is 3.20. The molecule has 3 N–H and O–H groups in total. The van der Waals surface area contributed by atoms with Crippen LogP contribution in [0.4, 0.5) is 10.6 Å². The number of anilines is 1. The van der Waals surface area contributed by atoms with E-state index in [0.717, 1.165) is 16.9 Å². The van der Waals surface area contributed by atoms with Gasteiger partial charge in [0.2, 0.25) is 0 Å². The van der Waals surface area contributed by atoms with Crippen molar-refractivity contribution in [3.63, 3.8) is 0 Å². The molecule has 0 fully saturated rings. The SMILES string of the molecule is CCOc1ccc(C)cc1C(C)NC(=O)Nc1ccc(=O)[nH]n1. The summed E-state index contributed by atoms with van der Waals surface area (Å²) in [6.45, 7) is 6.32. The van der Waals surface area contributed by atoms with Crippen LogP contribution in [0.25, 0.3) is 0 Å². The highest BCUT2D eigenvalue weighted by Gasteiger charge is 2.15. The molecule has 0 saturated carbocycles. The fraction of sp³-hybridized carbons (Fsp3) is 0.312. The largest absolute Gasteiger partial charge is 0.494 e. The number of urea groups is 1. The van der Waals surface area contributed by atoms with E-state index in [1.165, 1.54) is 12.1 Å². The molecule has 1 aromatic heterocycles. The number of amides is 2. The molecule has 2 aromatic rings. The minimum absolute atomic E-state index is 0.251. The van der Waals surface area contributed by atoms with Gasteiger partial charge in [0, 0.05) is 11.6 Å². The zero-order valence-corrected chi connectivity index (χ0v) is 13.3. The Hall–Kier alpha value is -2.83. The quantitative estimate of drug-likeness (QED) is 0.789. The average Bonchev–Trinajstić information content (AvgIpc) is 2.51. The van der Waals surface area contributed by atoms with Gasteiger partial charge in [-0.1, -0.05) is 17.7 Å². The number of hydrogen-bond donors (Lipinski definition) is 3. The summed E-state index contributed by atoms with van der Waals surface area (Å²) in [6, 6.07) is 7.90. The van der Waals surface area contributed by atoms with Crippen LogP contribution in [0.2, 0.25) is 0 Å². The Labute approximate surface area is 134 Å². The Bertz CT molecular complexity index is 722. The van der Waals surface area contributed by atoms with E-state index >= 15 is 0 Å². The number of carbonyl (C=O) groups excluding carboxylic acids is 1. The van der Waals surface area contributed by atoms with E-state index in [2.05, 4.69) is 20.8 Å². The Morgan fingerprint density at radius 1 is 1.35 bits per heavy atom. The van der Waals surface area contributed by atoms with Crippen molar-refractivity contribution in [2.24, 2.45) is 0 Å². The highest BCUT2D eigenvalue weighted by Crippen LogP contribution is 2.26. The van der Waals surface area contributed by atoms with Crippen LogP contribution in [0.1, 0.15) is 31.0 Å². The van der Waals surface area contributed by atoms with Gasteiger partial charge < -0.3 is 10.1 Å². The number of hydrogen-bond acceptors (Lipinski definition) is 4. The lowest BCUT2D eigenvalue weighted by Crippen LogP contribution is -2.32. The second kappa shape index (κ2) is 7.44. The van der Waals surface area contributed by atoms with Crippen molar-refractivity contribution in [3.8, 4) is 5.75 Å². The van der Waals surface area contributed by atoms with Crippen molar-refractivity contribution in [2.75, 3.05) is 11.9 Å². The molecule has 2 amide bonds. The number of carbonyl (C=O) groups is 1. The van der Waals surface area contributed by atoms with Crippen molar-refractivity contribution in [2.45, 2.75) is 26.8 Å². The maximum Gasteiger partial charge on any atom is 0.320 e. The second-order valence-electron chi connectivity index (χ2n) is 5.10. The molecule has 0 spiro atoms. The van der Waals surface area contributed by atoms with Crippen molar-refractivity contribution in [1.82, 2.24) is 15.5 Å². The number of aromatic amines is 1. The number of nitrogens with one attached hydrogen (secondary N) is 3. The summed E-state index contributed by atoms with van der Waals surface area (Å²) in [5.41, 5.74) is 1.65. The van der Waals surface area contributed by atoms with E-state index in [-0.39, 0.29) is 17.4 Å². The molecule has 23 heavy (non-hydrogen) atoms. The molecular weight excluding hydrogens is 296 g/mol. The third kappa shape index (κ3) is 4.57. The maximum atomic E-state index is 12.0. The van der Waals surface area contributed by atoms with Crippen LogP contribution in [-0.2, 0) is 0 Å². The van der Waals surface area contributed by atoms with E-state index in [9.17, 15) is 9.59 Å². The summed E-state index contributed by atoms with van der Waals surface area (Å²) in [4.78, 5) is 23.0. The van der Waals surface area contributed by atoms with E-state index < -0.39 is 6.03 Å². The zero-order chi connectivity index (χ0) is 16.8. The van der Waals surface area contributed by atoms with Gasteiger partial charge in [0.05, 0.1) is 12.6 Å². The first-order valence-corrected chi connectivity index (χ1v) is 7.36. The van der Waals surface area contributed by atoms with Gasteiger partial charge in [0.15, 0.2) is 5.82 Å². The topological polar surface area (TPSA) is 96.1 Å². The zero-order valence-electron chi connectivity index (χ0n) is 13.3. The van der Waals surface area contributed by atoms with Crippen LogP contribution in [0.15, 0.2) is 35.1 Å². The van der Waals surface area contributed by atoms with E-state index in [1.54, 1.807) is 0 Å². The molecule has 0 aliphatic heterocycles. The first-order valence-electron chi connectivity index (χ1n) is 7.36. The van der Waals surface area contributed by atoms with Crippen LogP contribution in [0.5, 0.6) is 5.75 Å². The summed E-state index contributed by atoms with van der Waals surface area (Å²) < 4.78 is 5.60. The fourth-order valence-corrected chi connectivity index (χ4v) is 2.13. The number of H-pyrrole nitrogens is 1. The van der Waals surface area contributed by atoms with Crippen molar-refractivity contribution >= 4 is 11.8 Å². The number of ether oxygens (including phenoxy) is 1. The van der Waals surface area contributed by atoms with Gasteiger partial charge in [-0.15, -0.1) is 0 Å². The molecule has 1 heterocycles. The Kier molecular flexibility index (Phi) is 5.35. The lowest BCUT2D eigenvalue weighted by molar-refractivity contribution is 0.249. The van der Waals surface area contributed by atoms with Crippen LogP contribution in [-0.4, -0.2) is 22.8 Å². The molecule has 7 nitrogen and oxygen atoms in total. The van der Waals surface area contributed by atoms with Crippen LogP contribution in [0, 0.1) is 6.92 Å². The van der Waals surface area contributed by atoms with Gasteiger partial charge in [0.25, 0.3) is 5.56 Å². The summed E-state index contributed by atoms with van der Waals surface area (Å²) in [5.74, 6) is 1.01. The number of benzene rings is 1. The van der Waals surface area contributed by atoms with Crippen LogP contribution < -0.4 is 20.9 Å². The van der Waals surface area contributed by atoms with Crippen molar-refractivity contribution < 1.29 is 9.53 Å². The Balaban J connectivity index is 2.07. The first-order chi connectivity index (χ1) is 11.0. The van der Waals surface area contributed by atoms with Gasteiger partial charge in [-0.25, -0.2) is 9.89 Å². The summed E-state index contributed by atoms with van der Waals surface area (Å²) in [6.07, 6.45) is 0. The molecule has 2 rings (SSSR count). The molecule has 1 unspecified atom stereocenters. The van der Waals surface area contributed by atoms with Crippen LogP contribution >= 0.6 is 0 Å². The van der Waals surface area contributed by atoms with Crippen LogP contribution in [0.3, 0.4) is 0 Å². The molecule has 1 aromatic carbocycles. The number of nitrogens with zero attached hydrogens (tertiary/aromatic N) is 1. The summed E-state index contributed by atoms with van der Waals surface area (Å²) >= 11 is 0. The molecule has 0 bridgehead atoms. The molecule has 0 radical (unpaired) electrons. The highest BCUT2D eigenvalue weighted by atomic mass is 16.5. The smallest absolute Gasteiger partial charge is 0.320 e. The maximum absolute atomic E-state index is 12.0. The molecule has 1 atom stereocenters. The predicted molar refractivity (Wildman–Crippen MR) is 87.8 cm³/mol. The minimum Gasteiger partial charge on any atom is -0.494 e. The van der Waals surface area contributed by atoms with Gasteiger partial charge >= 0.3 is 6.03 Å². The lowest BCUT2D eigenvalue weighted by Gasteiger charge is -2.18. The van der Waals surface area contributed by atoms with E-state index in [0.29, 0.717) is 6.61 Å². The molecule has 0 aliphatic carbocycles. The van der Waals surface area contributed by atoms with Gasteiger partial charge in [-0.3, -0.25) is 10.1 Å². The van der Waals surface area contributed by atoms with Gasteiger partial charge in [0.1, 0.15) is 5.75 Å². The lowest BCUT2D eigenvalue weighted by atomic mass is 10.0. The van der Waals surface area contributed by atoms with Crippen molar-refractivity contribution in [3.05, 3.63) is 51.8 Å².